The molecule has 7 heteroatoms. The maximum absolute atomic E-state index is 11.0. The zero-order valence-electron chi connectivity index (χ0n) is 20.1. The van der Waals surface area contributed by atoms with E-state index >= 15 is 0 Å². The zero-order chi connectivity index (χ0) is 25.2. The Kier molecular flexibility index (Phi) is 8.48. The van der Waals surface area contributed by atoms with Gasteiger partial charge in [0.15, 0.2) is 0 Å². The molecule has 1 aromatic heterocycles. The number of oxime groups is 1. The van der Waals surface area contributed by atoms with Crippen molar-refractivity contribution in [1.82, 2.24) is 4.98 Å². The molecule has 0 saturated heterocycles. The molecule has 1 heterocycles. The van der Waals surface area contributed by atoms with E-state index in [9.17, 15) is 4.79 Å². The summed E-state index contributed by atoms with van der Waals surface area (Å²) in [5, 5.41) is 13.2. The number of oxazole rings is 1. The Morgan fingerprint density at radius 1 is 0.944 bits per heavy atom. The Hall–Kier alpha value is -4.39. The fourth-order valence-corrected chi connectivity index (χ4v) is 3.59. The van der Waals surface area contributed by atoms with E-state index in [-0.39, 0.29) is 13.0 Å². The van der Waals surface area contributed by atoms with Crippen LogP contribution < -0.4 is 4.74 Å². The van der Waals surface area contributed by atoms with Crippen LogP contribution in [-0.2, 0) is 22.7 Å². The number of aromatic nitrogens is 1. The van der Waals surface area contributed by atoms with Crippen molar-refractivity contribution in [1.29, 1.82) is 0 Å². The summed E-state index contributed by atoms with van der Waals surface area (Å²) in [7, 11) is 0. The Labute approximate surface area is 210 Å². The molecule has 1 N–H and O–H groups in total. The molecule has 0 spiro atoms. The standard InChI is InChI=1S/C29H28N2O5/c1-21-26(30-29(36-21)24-10-6-3-7-11-24)18-19-34-25-14-12-22(13-15-25)20-35-31-27(16-17-28(32)33)23-8-4-2-5-9-23/h2-15H,16-20H2,1H3,(H,32,33)/b31-27-. The molecule has 0 fully saturated rings. The van der Waals surface area contributed by atoms with Gasteiger partial charge in [0.2, 0.25) is 5.89 Å². The van der Waals surface area contributed by atoms with Gasteiger partial charge in [0.1, 0.15) is 18.1 Å². The fraction of sp³-hybridized carbons (Fsp3) is 0.207. The van der Waals surface area contributed by atoms with E-state index in [0.29, 0.717) is 31.1 Å². The van der Waals surface area contributed by atoms with Gasteiger partial charge in [-0.05, 0) is 42.3 Å². The normalized spacial score (nSPS) is 11.3. The van der Waals surface area contributed by atoms with E-state index in [1.54, 1.807) is 0 Å². The number of aliphatic carboxylic acids is 1. The van der Waals surface area contributed by atoms with Crippen molar-refractivity contribution in [2.24, 2.45) is 5.16 Å². The lowest BCUT2D eigenvalue weighted by atomic mass is 10.1. The molecule has 0 unspecified atom stereocenters. The molecule has 0 radical (unpaired) electrons. The molecule has 0 aliphatic carbocycles. The average molecular weight is 485 g/mol. The maximum atomic E-state index is 11.0. The summed E-state index contributed by atoms with van der Waals surface area (Å²) in [6.07, 6.45) is 0.925. The summed E-state index contributed by atoms with van der Waals surface area (Å²) < 4.78 is 11.7. The molecule has 4 rings (SSSR count). The lowest BCUT2D eigenvalue weighted by molar-refractivity contribution is -0.136. The zero-order valence-corrected chi connectivity index (χ0v) is 20.1. The number of aryl methyl sites for hydroxylation is 1. The number of carboxylic acid groups (broad SMARTS) is 1. The summed E-state index contributed by atoms with van der Waals surface area (Å²) >= 11 is 0. The number of benzene rings is 3. The van der Waals surface area contributed by atoms with Crippen LogP contribution >= 0.6 is 0 Å². The fourth-order valence-electron chi connectivity index (χ4n) is 3.59. The molecule has 0 amide bonds. The Balaban J connectivity index is 1.28. The molecule has 184 valence electrons. The number of carbonyl (C=O) groups is 1. The van der Waals surface area contributed by atoms with Gasteiger partial charge in [-0.3, -0.25) is 4.79 Å². The van der Waals surface area contributed by atoms with Crippen LogP contribution in [0, 0.1) is 6.92 Å². The minimum Gasteiger partial charge on any atom is -0.493 e. The van der Waals surface area contributed by atoms with Crippen LogP contribution in [0.1, 0.15) is 35.4 Å². The van der Waals surface area contributed by atoms with Gasteiger partial charge < -0.3 is 19.1 Å². The second-order valence-corrected chi connectivity index (χ2v) is 8.20. The van der Waals surface area contributed by atoms with Gasteiger partial charge in [-0.25, -0.2) is 4.98 Å². The van der Waals surface area contributed by atoms with Crippen molar-refractivity contribution in [3.8, 4) is 17.2 Å². The molecule has 7 nitrogen and oxygen atoms in total. The number of ether oxygens (including phenoxy) is 1. The monoisotopic (exact) mass is 484 g/mol. The number of hydrogen-bond donors (Lipinski definition) is 1. The first-order chi connectivity index (χ1) is 17.6. The molecule has 0 aliphatic heterocycles. The second-order valence-electron chi connectivity index (χ2n) is 8.20. The first-order valence-corrected chi connectivity index (χ1v) is 11.8. The van der Waals surface area contributed by atoms with E-state index in [1.807, 2.05) is 91.9 Å². The van der Waals surface area contributed by atoms with Crippen molar-refractivity contribution < 1.29 is 23.9 Å². The van der Waals surface area contributed by atoms with Crippen molar-refractivity contribution in [2.45, 2.75) is 32.8 Å². The molecular weight excluding hydrogens is 456 g/mol. The molecular formula is C29H28N2O5. The second kappa shape index (κ2) is 12.4. The lowest BCUT2D eigenvalue weighted by Gasteiger charge is -2.08. The topological polar surface area (TPSA) is 94.2 Å². The Morgan fingerprint density at radius 3 is 2.33 bits per heavy atom. The van der Waals surface area contributed by atoms with Gasteiger partial charge in [-0.1, -0.05) is 65.8 Å². The van der Waals surface area contributed by atoms with Gasteiger partial charge in [-0.2, -0.15) is 0 Å². The molecule has 3 aromatic carbocycles. The third-order valence-corrected chi connectivity index (χ3v) is 5.53. The average Bonchev–Trinajstić information content (AvgIpc) is 3.28. The van der Waals surface area contributed by atoms with Crippen molar-refractivity contribution >= 4 is 11.7 Å². The first-order valence-electron chi connectivity index (χ1n) is 11.8. The van der Waals surface area contributed by atoms with Crippen molar-refractivity contribution in [2.75, 3.05) is 6.61 Å². The van der Waals surface area contributed by atoms with Crippen molar-refractivity contribution in [3.63, 3.8) is 0 Å². The minimum atomic E-state index is -0.871. The van der Waals surface area contributed by atoms with E-state index in [4.69, 9.17) is 19.1 Å². The van der Waals surface area contributed by atoms with E-state index in [0.717, 1.165) is 33.9 Å². The predicted molar refractivity (Wildman–Crippen MR) is 137 cm³/mol. The van der Waals surface area contributed by atoms with Crippen LogP contribution in [-0.4, -0.2) is 28.4 Å². The van der Waals surface area contributed by atoms with Crippen molar-refractivity contribution in [3.05, 3.63) is 108 Å². The SMILES string of the molecule is Cc1oc(-c2ccccc2)nc1CCOc1ccc(CO/N=C(/CCC(=O)O)c2ccccc2)cc1. The predicted octanol–water partition coefficient (Wildman–Crippen LogP) is 6.06. The van der Waals surface area contributed by atoms with Crippen LogP contribution in [0.15, 0.2) is 94.5 Å². The molecule has 4 aromatic rings. The van der Waals surface area contributed by atoms with Crippen LogP contribution in [0.25, 0.3) is 11.5 Å². The quantitative estimate of drug-likeness (QED) is 0.194. The number of nitrogens with zero attached hydrogens (tertiary/aromatic N) is 2. The molecule has 0 bridgehead atoms. The summed E-state index contributed by atoms with van der Waals surface area (Å²) in [5.41, 5.74) is 4.22. The van der Waals surface area contributed by atoms with Gasteiger partial charge in [0.05, 0.1) is 24.4 Å². The van der Waals surface area contributed by atoms with Gasteiger partial charge in [0, 0.05) is 18.4 Å². The first kappa shape index (κ1) is 24.7. The van der Waals surface area contributed by atoms with E-state index in [2.05, 4.69) is 10.1 Å². The maximum Gasteiger partial charge on any atom is 0.303 e. The summed E-state index contributed by atoms with van der Waals surface area (Å²) in [4.78, 5) is 21.1. The number of rotatable bonds is 12. The van der Waals surface area contributed by atoms with Gasteiger partial charge >= 0.3 is 5.97 Å². The molecule has 36 heavy (non-hydrogen) atoms. The Bertz CT molecular complexity index is 1280. The third kappa shape index (κ3) is 7.06. The molecule has 0 aliphatic rings. The minimum absolute atomic E-state index is 0.00937. The summed E-state index contributed by atoms with van der Waals surface area (Å²) in [5.74, 6) is 1.29. The molecule has 0 saturated carbocycles. The lowest BCUT2D eigenvalue weighted by Crippen LogP contribution is -2.06. The largest absolute Gasteiger partial charge is 0.493 e. The van der Waals surface area contributed by atoms with Crippen LogP contribution in [0.4, 0.5) is 0 Å². The highest BCUT2D eigenvalue weighted by Crippen LogP contribution is 2.22. The van der Waals surface area contributed by atoms with Crippen LogP contribution in [0.3, 0.4) is 0 Å². The third-order valence-electron chi connectivity index (χ3n) is 5.53. The van der Waals surface area contributed by atoms with Crippen LogP contribution in [0.5, 0.6) is 5.75 Å². The van der Waals surface area contributed by atoms with Crippen LogP contribution in [0.2, 0.25) is 0 Å². The smallest absolute Gasteiger partial charge is 0.303 e. The van der Waals surface area contributed by atoms with Gasteiger partial charge in [-0.15, -0.1) is 0 Å². The highest BCUT2D eigenvalue weighted by molar-refractivity contribution is 6.01. The number of carboxylic acids is 1. The number of hydrogen-bond acceptors (Lipinski definition) is 6. The van der Waals surface area contributed by atoms with E-state index < -0.39 is 5.97 Å². The summed E-state index contributed by atoms with van der Waals surface area (Å²) in [6.45, 7) is 2.66. The van der Waals surface area contributed by atoms with E-state index in [1.165, 1.54) is 0 Å². The van der Waals surface area contributed by atoms with Gasteiger partial charge in [0.25, 0.3) is 0 Å². The summed E-state index contributed by atoms with van der Waals surface area (Å²) in [6, 6.07) is 26.9. The molecule has 0 atom stereocenters. The highest BCUT2D eigenvalue weighted by atomic mass is 16.6. The highest BCUT2D eigenvalue weighted by Gasteiger charge is 2.11. The Morgan fingerprint density at radius 2 is 1.64 bits per heavy atom.